The van der Waals surface area contributed by atoms with Crippen molar-refractivity contribution in [3.05, 3.63) is 49.3 Å². The minimum Gasteiger partial charge on any atom is -0.462 e. The first-order valence-electron chi connectivity index (χ1n) is 9.24. The normalized spacial score (nSPS) is 13.2. The summed E-state index contributed by atoms with van der Waals surface area (Å²) in [5, 5.41) is 17.9. The fourth-order valence-corrected chi connectivity index (χ4v) is 5.01. The number of nitrogens with zero attached hydrogens (tertiary/aromatic N) is 1. The minimum atomic E-state index is -0.517. The number of fused-ring (bicyclic) bond motifs is 1. The van der Waals surface area contributed by atoms with Crippen LogP contribution in [0.3, 0.4) is 0 Å². The fraction of sp³-hybridized carbons (Fsp3) is 0.368. The van der Waals surface area contributed by atoms with E-state index in [2.05, 4.69) is 10.6 Å². The zero-order chi connectivity index (χ0) is 21.0. The summed E-state index contributed by atoms with van der Waals surface area (Å²) in [6.45, 7) is 2.07. The quantitative estimate of drug-likeness (QED) is 0.201. The number of carbonyl (C=O) groups excluding carboxylic acids is 1. The third-order valence-electron chi connectivity index (χ3n) is 4.54. The number of nitro groups is 1. The molecular weight excluding hydrogens is 434 g/mol. The number of anilines is 2. The predicted molar refractivity (Wildman–Crippen MR) is 119 cm³/mol. The van der Waals surface area contributed by atoms with Gasteiger partial charge in [0.15, 0.2) is 5.11 Å². The van der Waals surface area contributed by atoms with E-state index in [0.717, 1.165) is 37.7 Å². The van der Waals surface area contributed by atoms with Gasteiger partial charge in [-0.25, -0.2) is 4.79 Å². The summed E-state index contributed by atoms with van der Waals surface area (Å²) in [4.78, 5) is 24.1. The second-order valence-corrected chi connectivity index (χ2v) is 8.41. The Kier molecular flexibility index (Phi) is 7.05. The highest BCUT2D eigenvalue weighted by Gasteiger charge is 2.26. The first-order valence-corrected chi connectivity index (χ1v) is 10.8. The number of carbonyl (C=O) groups is 1. The zero-order valence-corrected chi connectivity index (χ0v) is 18.1. The SMILES string of the molecule is CCOC(=O)c1c(NC(=S)Nc2ccc([N+](=O)[O-])cc2Cl)sc2c1CCCCC2. The Balaban J connectivity index is 1.83. The van der Waals surface area contributed by atoms with E-state index >= 15 is 0 Å². The molecule has 3 rings (SSSR count). The van der Waals surface area contributed by atoms with Crippen molar-refractivity contribution in [2.75, 3.05) is 17.2 Å². The van der Waals surface area contributed by atoms with Crippen molar-refractivity contribution in [1.82, 2.24) is 0 Å². The second kappa shape index (κ2) is 9.51. The maximum atomic E-state index is 12.6. The predicted octanol–water partition coefficient (Wildman–Crippen LogP) is 5.56. The topological polar surface area (TPSA) is 93.5 Å². The third-order valence-corrected chi connectivity index (χ3v) is 6.26. The van der Waals surface area contributed by atoms with Gasteiger partial charge >= 0.3 is 5.97 Å². The Labute approximate surface area is 182 Å². The van der Waals surface area contributed by atoms with Crippen molar-refractivity contribution in [3.63, 3.8) is 0 Å². The summed E-state index contributed by atoms with van der Waals surface area (Å²) in [6.07, 6.45) is 5.05. The number of esters is 1. The second-order valence-electron chi connectivity index (χ2n) is 6.49. The van der Waals surface area contributed by atoms with E-state index in [0.29, 0.717) is 22.9 Å². The highest BCUT2D eigenvalue weighted by atomic mass is 35.5. The molecule has 0 radical (unpaired) electrons. The van der Waals surface area contributed by atoms with E-state index in [4.69, 9.17) is 28.6 Å². The molecular formula is C19H20ClN3O4S2. The maximum Gasteiger partial charge on any atom is 0.341 e. The van der Waals surface area contributed by atoms with Gasteiger partial charge in [-0.1, -0.05) is 18.0 Å². The number of nitrogens with one attached hydrogen (secondary N) is 2. The molecule has 154 valence electrons. The summed E-state index contributed by atoms with van der Waals surface area (Å²) in [7, 11) is 0. The molecule has 1 aliphatic rings. The molecule has 0 amide bonds. The number of halogens is 1. The summed E-state index contributed by atoms with van der Waals surface area (Å²) < 4.78 is 5.27. The Hall–Kier alpha value is -2.23. The Morgan fingerprint density at radius 2 is 2.07 bits per heavy atom. The average molecular weight is 454 g/mol. The van der Waals surface area contributed by atoms with Gasteiger partial charge < -0.3 is 15.4 Å². The molecule has 0 atom stereocenters. The molecule has 29 heavy (non-hydrogen) atoms. The molecule has 0 aliphatic heterocycles. The van der Waals surface area contributed by atoms with Crippen LogP contribution in [-0.4, -0.2) is 22.6 Å². The van der Waals surface area contributed by atoms with E-state index in [1.165, 1.54) is 34.4 Å². The monoisotopic (exact) mass is 453 g/mol. The molecule has 0 spiro atoms. The number of rotatable bonds is 5. The number of non-ortho nitro benzene ring substituents is 1. The molecule has 2 aromatic rings. The fourth-order valence-electron chi connectivity index (χ4n) is 3.23. The Morgan fingerprint density at radius 3 is 2.76 bits per heavy atom. The molecule has 1 aromatic carbocycles. The van der Waals surface area contributed by atoms with Gasteiger partial charge in [0.05, 0.1) is 27.8 Å². The molecule has 7 nitrogen and oxygen atoms in total. The lowest BCUT2D eigenvalue weighted by Gasteiger charge is -2.12. The van der Waals surface area contributed by atoms with Crippen LogP contribution in [0.1, 0.15) is 47.0 Å². The molecule has 1 heterocycles. The van der Waals surface area contributed by atoms with Gasteiger partial charge in [-0.15, -0.1) is 11.3 Å². The number of hydrogen-bond acceptors (Lipinski definition) is 6. The first kappa shape index (κ1) is 21.5. The maximum absolute atomic E-state index is 12.6. The number of hydrogen-bond donors (Lipinski definition) is 2. The molecule has 0 saturated carbocycles. The van der Waals surface area contributed by atoms with Crippen LogP contribution in [0.4, 0.5) is 16.4 Å². The van der Waals surface area contributed by atoms with Crippen molar-refractivity contribution in [2.45, 2.75) is 39.0 Å². The van der Waals surface area contributed by atoms with Crippen LogP contribution < -0.4 is 10.6 Å². The van der Waals surface area contributed by atoms with Gasteiger partial charge in [-0.3, -0.25) is 10.1 Å². The zero-order valence-electron chi connectivity index (χ0n) is 15.7. The highest BCUT2D eigenvalue weighted by Crippen LogP contribution is 2.38. The molecule has 1 aromatic heterocycles. The number of thiophene rings is 1. The Morgan fingerprint density at radius 1 is 1.31 bits per heavy atom. The number of aryl methyl sites for hydroxylation is 1. The van der Waals surface area contributed by atoms with Crippen molar-refractivity contribution in [3.8, 4) is 0 Å². The van der Waals surface area contributed by atoms with Crippen LogP contribution in [0.25, 0.3) is 0 Å². The van der Waals surface area contributed by atoms with Crippen LogP contribution >= 0.6 is 35.2 Å². The van der Waals surface area contributed by atoms with Gasteiger partial charge in [0.1, 0.15) is 5.00 Å². The van der Waals surface area contributed by atoms with Crippen LogP contribution in [-0.2, 0) is 17.6 Å². The largest absolute Gasteiger partial charge is 0.462 e. The molecule has 0 bridgehead atoms. The van der Waals surface area contributed by atoms with E-state index in [9.17, 15) is 14.9 Å². The Bertz CT molecular complexity index is 961. The third kappa shape index (κ3) is 5.04. The molecule has 10 heteroatoms. The molecule has 0 saturated heterocycles. The number of thiocarbonyl (C=S) groups is 1. The molecule has 1 aliphatic carbocycles. The van der Waals surface area contributed by atoms with Gasteiger partial charge in [-0.2, -0.15) is 0 Å². The number of nitro benzene ring substituents is 1. The molecule has 0 fully saturated rings. The summed E-state index contributed by atoms with van der Waals surface area (Å²) in [5.74, 6) is -0.356. The first-order chi connectivity index (χ1) is 13.9. The highest BCUT2D eigenvalue weighted by molar-refractivity contribution is 7.80. The lowest BCUT2D eigenvalue weighted by atomic mass is 10.1. The van der Waals surface area contributed by atoms with E-state index in [1.54, 1.807) is 6.92 Å². The summed E-state index contributed by atoms with van der Waals surface area (Å²) in [6, 6.07) is 4.09. The van der Waals surface area contributed by atoms with Crippen molar-refractivity contribution >= 4 is 62.6 Å². The van der Waals surface area contributed by atoms with Gasteiger partial charge in [0, 0.05) is 17.0 Å². The number of benzene rings is 1. The van der Waals surface area contributed by atoms with Crippen molar-refractivity contribution < 1.29 is 14.5 Å². The van der Waals surface area contributed by atoms with Crippen molar-refractivity contribution in [2.24, 2.45) is 0 Å². The van der Waals surface area contributed by atoms with Crippen LogP contribution in [0.2, 0.25) is 5.02 Å². The van der Waals surface area contributed by atoms with Crippen LogP contribution in [0, 0.1) is 10.1 Å². The molecule has 2 N–H and O–H groups in total. The van der Waals surface area contributed by atoms with Gasteiger partial charge in [0.2, 0.25) is 0 Å². The number of ether oxygens (including phenoxy) is 1. The van der Waals surface area contributed by atoms with Crippen LogP contribution in [0.15, 0.2) is 18.2 Å². The van der Waals surface area contributed by atoms with Crippen molar-refractivity contribution in [1.29, 1.82) is 0 Å². The average Bonchev–Trinajstić information content (AvgIpc) is 2.84. The standard InChI is InChI=1S/C19H20ClN3O4S2/c1-2-27-18(24)16-12-6-4-3-5-7-15(12)29-17(16)22-19(28)21-14-9-8-11(23(25)26)10-13(14)20/h8-10H,2-7H2,1H3,(H2,21,22,28). The molecule has 0 unspecified atom stereocenters. The van der Waals surface area contributed by atoms with Gasteiger partial charge in [-0.05, 0) is 56.5 Å². The lowest BCUT2D eigenvalue weighted by molar-refractivity contribution is -0.384. The van der Waals surface area contributed by atoms with Crippen LogP contribution in [0.5, 0.6) is 0 Å². The van der Waals surface area contributed by atoms with Gasteiger partial charge in [0.25, 0.3) is 5.69 Å². The van der Waals surface area contributed by atoms with E-state index in [-0.39, 0.29) is 21.8 Å². The summed E-state index contributed by atoms with van der Waals surface area (Å²) >= 11 is 13.0. The van der Waals surface area contributed by atoms with E-state index in [1.807, 2.05) is 0 Å². The smallest absolute Gasteiger partial charge is 0.341 e. The lowest BCUT2D eigenvalue weighted by Crippen LogP contribution is -2.20. The minimum absolute atomic E-state index is 0.106. The summed E-state index contributed by atoms with van der Waals surface area (Å²) in [5.41, 5.74) is 1.92. The van der Waals surface area contributed by atoms with E-state index < -0.39 is 4.92 Å².